The average Bonchev–Trinajstić information content (AvgIpc) is 2.93. The molecule has 1 fully saturated rings. The molecular formula is C14H24N4OS. The molecule has 0 bridgehead atoms. The number of likely N-dealkylation sites (tertiary alicyclic amines) is 1. The van der Waals surface area contributed by atoms with Gasteiger partial charge in [-0.2, -0.15) is 0 Å². The Hall–Kier alpha value is -0.980. The molecule has 1 aliphatic rings. The lowest BCUT2D eigenvalue weighted by Gasteiger charge is -2.35. The van der Waals surface area contributed by atoms with E-state index in [0.717, 1.165) is 24.0 Å². The van der Waals surface area contributed by atoms with Crippen molar-refractivity contribution in [1.29, 1.82) is 0 Å². The van der Waals surface area contributed by atoms with Crippen molar-refractivity contribution in [1.82, 2.24) is 15.2 Å². The Morgan fingerprint density at radius 3 is 3.15 bits per heavy atom. The molecule has 6 heteroatoms. The quantitative estimate of drug-likeness (QED) is 0.863. The SMILES string of the molecule is CC1CCCN(C(C)CNC(=O)c2csc(CN)n2)C1. The molecule has 1 amide bonds. The van der Waals surface area contributed by atoms with Crippen molar-refractivity contribution in [3.63, 3.8) is 0 Å². The number of aromatic nitrogens is 1. The van der Waals surface area contributed by atoms with Crippen LogP contribution in [0.5, 0.6) is 0 Å². The molecule has 2 atom stereocenters. The number of amides is 1. The Bertz CT molecular complexity index is 448. The third-order valence-corrected chi connectivity index (χ3v) is 4.70. The highest BCUT2D eigenvalue weighted by Crippen LogP contribution is 2.17. The first kappa shape index (κ1) is 15.4. The molecule has 1 aromatic heterocycles. The number of carbonyl (C=O) groups excluding carboxylic acids is 1. The van der Waals surface area contributed by atoms with Crippen LogP contribution >= 0.6 is 11.3 Å². The van der Waals surface area contributed by atoms with E-state index in [1.807, 2.05) is 0 Å². The number of nitrogens with zero attached hydrogens (tertiary/aromatic N) is 2. The first-order chi connectivity index (χ1) is 9.60. The number of hydrogen-bond donors (Lipinski definition) is 2. The molecule has 0 aromatic carbocycles. The van der Waals surface area contributed by atoms with Crippen molar-refractivity contribution in [2.24, 2.45) is 11.7 Å². The van der Waals surface area contributed by atoms with Gasteiger partial charge in [-0.25, -0.2) is 4.98 Å². The molecule has 1 aliphatic heterocycles. The van der Waals surface area contributed by atoms with Crippen molar-refractivity contribution in [2.75, 3.05) is 19.6 Å². The molecule has 3 N–H and O–H groups in total. The van der Waals surface area contributed by atoms with Crippen molar-refractivity contribution in [3.05, 3.63) is 16.1 Å². The van der Waals surface area contributed by atoms with Gasteiger partial charge in [-0.1, -0.05) is 6.92 Å². The van der Waals surface area contributed by atoms with Crippen molar-refractivity contribution < 1.29 is 4.79 Å². The minimum absolute atomic E-state index is 0.0992. The highest BCUT2D eigenvalue weighted by atomic mass is 32.1. The second-order valence-electron chi connectivity index (χ2n) is 5.63. The fourth-order valence-corrected chi connectivity index (χ4v) is 3.25. The topological polar surface area (TPSA) is 71.2 Å². The van der Waals surface area contributed by atoms with Crippen molar-refractivity contribution >= 4 is 17.2 Å². The van der Waals surface area contributed by atoms with Crippen LogP contribution in [0.3, 0.4) is 0 Å². The Balaban J connectivity index is 1.80. The number of nitrogens with two attached hydrogens (primary N) is 1. The fourth-order valence-electron chi connectivity index (χ4n) is 2.60. The predicted octanol–water partition coefficient (Wildman–Crippen LogP) is 1.45. The maximum Gasteiger partial charge on any atom is 0.270 e. The minimum Gasteiger partial charge on any atom is -0.349 e. The van der Waals surface area contributed by atoms with E-state index in [0.29, 0.717) is 24.8 Å². The van der Waals surface area contributed by atoms with E-state index < -0.39 is 0 Å². The zero-order valence-electron chi connectivity index (χ0n) is 12.3. The van der Waals surface area contributed by atoms with E-state index >= 15 is 0 Å². The third-order valence-electron chi connectivity index (χ3n) is 3.83. The number of carbonyl (C=O) groups is 1. The summed E-state index contributed by atoms with van der Waals surface area (Å²) in [5, 5.41) is 5.54. The smallest absolute Gasteiger partial charge is 0.270 e. The van der Waals surface area contributed by atoms with Gasteiger partial charge in [0, 0.05) is 31.1 Å². The van der Waals surface area contributed by atoms with Crippen molar-refractivity contribution in [2.45, 2.75) is 39.3 Å². The molecular weight excluding hydrogens is 272 g/mol. The molecule has 2 unspecified atom stereocenters. The van der Waals surface area contributed by atoms with Gasteiger partial charge in [0.15, 0.2) is 0 Å². The summed E-state index contributed by atoms with van der Waals surface area (Å²) in [6.07, 6.45) is 2.57. The minimum atomic E-state index is -0.0992. The second kappa shape index (κ2) is 7.15. The van der Waals surface area contributed by atoms with Gasteiger partial charge >= 0.3 is 0 Å². The molecule has 5 nitrogen and oxygen atoms in total. The predicted molar refractivity (Wildman–Crippen MR) is 81.8 cm³/mol. The van der Waals surface area contributed by atoms with Gasteiger partial charge in [-0.15, -0.1) is 11.3 Å². The van der Waals surface area contributed by atoms with E-state index in [-0.39, 0.29) is 5.91 Å². The lowest BCUT2D eigenvalue weighted by Crippen LogP contribution is -2.46. The fraction of sp³-hybridized carbons (Fsp3) is 0.714. The van der Waals surface area contributed by atoms with E-state index in [9.17, 15) is 4.79 Å². The lowest BCUT2D eigenvalue weighted by atomic mass is 9.99. The summed E-state index contributed by atoms with van der Waals surface area (Å²) in [6.45, 7) is 7.78. The first-order valence-electron chi connectivity index (χ1n) is 7.27. The van der Waals surface area contributed by atoms with Gasteiger partial charge in [0.05, 0.1) is 0 Å². The van der Waals surface area contributed by atoms with Gasteiger partial charge in [0.2, 0.25) is 0 Å². The first-order valence-corrected chi connectivity index (χ1v) is 8.14. The van der Waals surface area contributed by atoms with Crippen LogP contribution in [0.15, 0.2) is 5.38 Å². The van der Waals surface area contributed by atoms with Gasteiger partial charge in [-0.05, 0) is 32.2 Å². The normalized spacial score (nSPS) is 21.6. The number of nitrogens with one attached hydrogen (secondary N) is 1. The third kappa shape index (κ3) is 4.01. The maximum atomic E-state index is 12.0. The van der Waals surface area contributed by atoms with Crippen LogP contribution in [0.4, 0.5) is 0 Å². The van der Waals surface area contributed by atoms with E-state index in [2.05, 4.69) is 29.0 Å². The summed E-state index contributed by atoms with van der Waals surface area (Å²) >= 11 is 1.43. The monoisotopic (exact) mass is 296 g/mol. The summed E-state index contributed by atoms with van der Waals surface area (Å²) in [7, 11) is 0. The van der Waals surface area contributed by atoms with Crippen LogP contribution in [0, 0.1) is 5.92 Å². The van der Waals surface area contributed by atoms with Crippen LogP contribution in [-0.4, -0.2) is 41.5 Å². The molecule has 112 valence electrons. The molecule has 1 aromatic rings. The summed E-state index contributed by atoms with van der Waals surface area (Å²) < 4.78 is 0. The molecule has 1 saturated heterocycles. The number of rotatable bonds is 5. The molecule has 20 heavy (non-hydrogen) atoms. The zero-order chi connectivity index (χ0) is 14.5. The van der Waals surface area contributed by atoms with E-state index in [1.54, 1.807) is 5.38 Å². The van der Waals surface area contributed by atoms with E-state index in [1.165, 1.54) is 24.2 Å². The lowest BCUT2D eigenvalue weighted by molar-refractivity contribution is 0.0913. The number of hydrogen-bond acceptors (Lipinski definition) is 5. The maximum absolute atomic E-state index is 12.0. The standard InChI is InChI=1S/C14H24N4OS/c1-10-4-3-5-18(8-10)11(2)7-16-14(19)12-9-20-13(6-15)17-12/h9-11H,3-8,15H2,1-2H3,(H,16,19). The summed E-state index contributed by atoms with van der Waals surface area (Å²) in [5.74, 6) is 0.658. The summed E-state index contributed by atoms with van der Waals surface area (Å²) in [6, 6.07) is 0.370. The number of thiazole rings is 1. The molecule has 2 rings (SSSR count). The largest absolute Gasteiger partial charge is 0.349 e. The van der Waals surface area contributed by atoms with Crippen LogP contribution in [0.1, 0.15) is 42.2 Å². The van der Waals surface area contributed by atoms with Crippen LogP contribution < -0.4 is 11.1 Å². The molecule has 2 heterocycles. The zero-order valence-corrected chi connectivity index (χ0v) is 13.1. The van der Waals surface area contributed by atoms with Crippen LogP contribution in [0.25, 0.3) is 0 Å². The van der Waals surface area contributed by atoms with Gasteiger partial charge in [-0.3, -0.25) is 9.69 Å². The molecule has 0 spiro atoms. The Kier molecular flexibility index (Phi) is 5.51. The van der Waals surface area contributed by atoms with Crippen LogP contribution in [0.2, 0.25) is 0 Å². The molecule has 0 aliphatic carbocycles. The average molecular weight is 296 g/mol. The van der Waals surface area contributed by atoms with Gasteiger partial charge < -0.3 is 11.1 Å². The highest BCUT2D eigenvalue weighted by Gasteiger charge is 2.21. The Morgan fingerprint density at radius 2 is 2.50 bits per heavy atom. The van der Waals surface area contributed by atoms with Crippen LogP contribution in [-0.2, 0) is 6.54 Å². The summed E-state index contributed by atoms with van der Waals surface area (Å²) in [4.78, 5) is 18.7. The highest BCUT2D eigenvalue weighted by molar-refractivity contribution is 7.09. The van der Waals surface area contributed by atoms with Crippen molar-refractivity contribution in [3.8, 4) is 0 Å². The summed E-state index contributed by atoms with van der Waals surface area (Å²) in [5.41, 5.74) is 5.99. The molecule has 0 radical (unpaired) electrons. The Morgan fingerprint density at radius 1 is 1.70 bits per heavy atom. The number of piperidine rings is 1. The molecule has 0 saturated carbocycles. The Labute approximate surface area is 124 Å². The van der Waals surface area contributed by atoms with Gasteiger partial charge in [0.25, 0.3) is 5.91 Å². The van der Waals surface area contributed by atoms with E-state index in [4.69, 9.17) is 5.73 Å². The van der Waals surface area contributed by atoms with Gasteiger partial charge in [0.1, 0.15) is 10.7 Å². The second-order valence-corrected chi connectivity index (χ2v) is 6.57.